The number of aromatic nitrogens is 3. The van der Waals surface area contributed by atoms with Crippen molar-refractivity contribution < 1.29 is 4.79 Å². The Morgan fingerprint density at radius 2 is 2.00 bits per heavy atom. The molecule has 0 saturated heterocycles. The molecule has 3 aromatic rings. The number of hydrogen-bond donors (Lipinski definition) is 2. The number of carbonyl (C=O) groups excluding carboxylic acids is 1. The van der Waals surface area contributed by atoms with Crippen LogP contribution in [0.15, 0.2) is 55.0 Å². The number of halogens is 1. The zero-order chi connectivity index (χ0) is 17.6. The van der Waals surface area contributed by atoms with Gasteiger partial charge in [-0.25, -0.2) is 9.97 Å². The Kier molecular flexibility index (Phi) is 5.20. The molecule has 0 radical (unpaired) electrons. The van der Waals surface area contributed by atoms with Crippen LogP contribution in [-0.4, -0.2) is 20.9 Å². The van der Waals surface area contributed by atoms with Crippen molar-refractivity contribution in [1.82, 2.24) is 20.3 Å². The van der Waals surface area contributed by atoms with Crippen molar-refractivity contribution in [1.29, 1.82) is 0 Å². The number of nitrogens with zero attached hydrogens (tertiary/aromatic N) is 3. The fourth-order valence-corrected chi connectivity index (χ4v) is 2.45. The highest BCUT2D eigenvalue weighted by Gasteiger charge is 2.09. The van der Waals surface area contributed by atoms with Crippen molar-refractivity contribution in [2.24, 2.45) is 0 Å². The van der Waals surface area contributed by atoms with Crippen LogP contribution in [0.1, 0.15) is 21.7 Å². The Balaban J connectivity index is 1.69. The van der Waals surface area contributed by atoms with Crippen LogP contribution in [0, 0.1) is 6.92 Å². The summed E-state index contributed by atoms with van der Waals surface area (Å²) in [6.45, 7) is 2.28. The molecule has 126 valence electrons. The SMILES string of the molecule is Cc1cc(Cl)ccc1Nc1cc(C(=O)NCc2ccccn2)ncn1. The van der Waals surface area contributed by atoms with Crippen LogP contribution in [0.25, 0.3) is 0 Å². The maximum atomic E-state index is 12.3. The summed E-state index contributed by atoms with van der Waals surface area (Å²) in [5.74, 6) is 0.243. The number of benzene rings is 1. The lowest BCUT2D eigenvalue weighted by Gasteiger charge is -2.10. The molecule has 0 aliphatic heterocycles. The molecule has 25 heavy (non-hydrogen) atoms. The predicted octanol–water partition coefficient (Wildman–Crippen LogP) is 3.51. The van der Waals surface area contributed by atoms with Crippen LogP contribution in [0.2, 0.25) is 5.02 Å². The molecular weight excluding hydrogens is 338 g/mol. The maximum Gasteiger partial charge on any atom is 0.270 e. The van der Waals surface area contributed by atoms with Gasteiger partial charge in [-0.15, -0.1) is 0 Å². The van der Waals surface area contributed by atoms with Crippen LogP contribution in [0.5, 0.6) is 0 Å². The molecule has 1 amide bonds. The smallest absolute Gasteiger partial charge is 0.270 e. The molecule has 0 bridgehead atoms. The van der Waals surface area contributed by atoms with Gasteiger partial charge in [-0.05, 0) is 42.8 Å². The van der Waals surface area contributed by atoms with Gasteiger partial charge in [0.15, 0.2) is 0 Å². The van der Waals surface area contributed by atoms with Crippen molar-refractivity contribution in [3.63, 3.8) is 0 Å². The van der Waals surface area contributed by atoms with Crippen molar-refractivity contribution in [3.05, 3.63) is 77.0 Å². The molecule has 1 aromatic carbocycles. The second-order valence-electron chi connectivity index (χ2n) is 5.38. The third-order valence-electron chi connectivity index (χ3n) is 3.51. The summed E-state index contributed by atoms with van der Waals surface area (Å²) in [6.07, 6.45) is 3.03. The topological polar surface area (TPSA) is 79.8 Å². The molecule has 6 nitrogen and oxygen atoms in total. The predicted molar refractivity (Wildman–Crippen MR) is 96.9 cm³/mol. The Labute approximate surface area is 150 Å². The Morgan fingerprint density at radius 1 is 1.12 bits per heavy atom. The number of nitrogens with one attached hydrogen (secondary N) is 2. The summed E-state index contributed by atoms with van der Waals surface area (Å²) < 4.78 is 0. The van der Waals surface area contributed by atoms with Gasteiger partial charge < -0.3 is 10.6 Å². The molecular formula is C18H16ClN5O. The van der Waals surface area contributed by atoms with E-state index in [1.165, 1.54) is 6.33 Å². The van der Waals surface area contributed by atoms with E-state index in [4.69, 9.17) is 11.6 Å². The van der Waals surface area contributed by atoms with E-state index in [1.54, 1.807) is 18.3 Å². The largest absolute Gasteiger partial charge is 0.345 e. The monoisotopic (exact) mass is 353 g/mol. The minimum Gasteiger partial charge on any atom is -0.345 e. The lowest BCUT2D eigenvalue weighted by atomic mass is 10.2. The normalized spacial score (nSPS) is 10.3. The van der Waals surface area contributed by atoms with Gasteiger partial charge in [-0.1, -0.05) is 17.7 Å². The molecule has 0 unspecified atom stereocenters. The van der Waals surface area contributed by atoms with Crippen LogP contribution in [0.3, 0.4) is 0 Å². The molecule has 0 aliphatic carbocycles. The van der Waals surface area contributed by atoms with Crippen LogP contribution in [0.4, 0.5) is 11.5 Å². The number of hydrogen-bond acceptors (Lipinski definition) is 5. The van der Waals surface area contributed by atoms with Gasteiger partial charge in [0.1, 0.15) is 17.8 Å². The van der Waals surface area contributed by atoms with Gasteiger partial charge >= 0.3 is 0 Å². The Hall–Kier alpha value is -2.99. The molecule has 0 aliphatic rings. The molecule has 0 saturated carbocycles. The summed E-state index contributed by atoms with van der Waals surface area (Å²) in [6, 6.07) is 12.6. The highest BCUT2D eigenvalue weighted by molar-refractivity contribution is 6.30. The van der Waals surface area contributed by atoms with E-state index in [1.807, 2.05) is 37.3 Å². The van der Waals surface area contributed by atoms with E-state index in [2.05, 4.69) is 25.6 Å². The van der Waals surface area contributed by atoms with Crippen LogP contribution < -0.4 is 10.6 Å². The molecule has 2 heterocycles. The van der Waals surface area contributed by atoms with Crippen molar-refractivity contribution in [2.75, 3.05) is 5.32 Å². The number of pyridine rings is 1. The molecule has 0 spiro atoms. The third-order valence-corrected chi connectivity index (χ3v) is 3.74. The number of amides is 1. The van der Waals surface area contributed by atoms with Gasteiger partial charge in [-0.3, -0.25) is 9.78 Å². The number of anilines is 2. The average molecular weight is 354 g/mol. The Bertz CT molecular complexity index is 886. The molecule has 7 heteroatoms. The highest BCUT2D eigenvalue weighted by Crippen LogP contribution is 2.22. The summed E-state index contributed by atoms with van der Waals surface area (Å²) in [7, 11) is 0. The lowest BCUT2D eigenvalue weighted by Crippen LogP contribution is -2.24. The molecule has 0 fully saturated rings. The zero-order valence-electron chi connectivity index (χ0n) is 13.5. The average Bonchev–Trinajstić information content (AvgIpc) is 2.63. The minimum absolute atomic E-state index is 0.278. The molecule has 2 N–H and O–H groups in total. The quantitative estimate of drug-likeness (QED) is 0.733. The number of carbonyl (C=O) groups is 1. The van der Waals surface area contributed by atoms with Gasteiger partial charge in [-0.2, -0.15) is 0 Å². The first kappa shape index (κ1) is 16.9. The van der Waals surface area contributed by atoms with Crippen LogP contribution >= 0.6 is 11.6 Å². The fourth-order valence-electron chi connectivity index (χ4n) is 2.22. The zero-order valence-corrected chi connectivity index (χ0v) is 14.3. The summed E-state index contributed by atoms with van der Waals surface area (Å²) >= 11 is 5.96. The first-order valence-electron chi connectivity index (χ1n) is 7.65. The van der Waals surface area contributed by atoms with Crippen molar-refractivity contribution in [3.8, 4) is 0 Å². The van der Waals surface area contributed by atoms with E-state index >= 15 is 0 Å². The number of rotatable bonds is 5. The summed E-state index contributed by atoms with van der Waals surface area (Å²) in [4.78, 5) is 24.6. The van der Waals surface area contributed by atoms with Crippen LogP contribution in [-0.2, 0) is 6.54 Å². The molecule has 0 atom stereocenters. The fraction of sp³-hybridized carbons (Fsp3) is 0.111. The Morgan fingerprint density at radius 3 is 2.76 bits per heavy atom. The highest BCUT2D eigenvalue weighted by atomic mass is 35.5. The molecule has 3 rings (SSSR count). The maximum absolute atomic E-state index is 12.3. The first-order chi connectivity index (χ1) is 12.1. The first-order valence-corrected chi connectivity index (χ1v) is 8.03. The standard InChI is InChI=1S/C18H16ClN5O/c1-12-8-13(19)5-6-15(12)24-17-9-16(22-11-23-17)18(25)21-10-14-4-2-3-7-20-14/h2-9,11H,10H2,1H3,(H,21,25)(H,22,23,24). The van der Waals surface area contributed by atoms with Gasteiger partial charge in [0.2, 0.25) is 0 Å². The van der Waals surface area contributed by atoms with E-state index in [9.17, 15) is 4.79 Å². The van der Waals surface area contributed by atoms with E-state index in [0.29, 0.717) is 17.4 Å². The van der Waals surface area contributed by atoms with Gasteiger partial charge in [0.05, 0.1) is 12.2 Å². The second-order valence-corrected chi connectivity index (χ2v) is 5.81. The third kappa shape index (κ3) is 4.51. The van der Waals surface area contributed by atoms with E-state index in [-0.39, 0.29) is 11.6 Å². The van der Waals surface area contributed by atoms with Crippen molar-refractivity contribution in [2.45, 2.75) is 13.5 Å². The molecule has 2 aromatic heterocycles. The lowest BCUT2D eigenvalue weighted by molar-refractivity contribution is 0.0945. The van der Waals surface area contributed by atoms with E-state index in [0.717, 1.165) is 16.9 Å². The van der Waals surface area contributed by atoms with Gasteiger partial charge in [0.25, 0.3) is 5.91 Å². The second kappa shape index (κ2) is 7.72. The van der Waals surface area contributed by atoms with Crippen molar-refractivity contribution >= 4 is 29.0 Å². The number of aryl methyl sites for hydroxylation is 1. The van der Waals surface area contributed by atoms with Gasteiger partial charge in [0, 0.05) is 23.0 Å². The van der Waals surface area contributed by atoms with E-state index < -0.39 is 0 Å². The minimum atomic E-state index is -0.288. The summed E-state index contributed by atoms with van der Waals surface area (Å²) in [5.41, 5.74) is 2.90. The summed E-state index contributed by atoms with van der Waals surface area (Å²) in [5, 5.41) is 6.62.